The van der Waals surface area contributed by atoms with E-state index in [1.165, 1.54) is 11.3 Å². The summed E-state index contributed by atoms with van der Waals surface area (Å²) in [6.45, 7) is 6.15. The third kappa shape index (κ3) is 4.84. The number of benzene rings is 1. The predicted molar refractivity (Wildman–Crippen MR) is 116 cm³/mol. The monoisotopic (exact) mass is 431 g/mol. The van der Waals surface area contributed by atoms with E-state index in [4.69, 9.17) is 11.6 Å². The van der Waals surface area contributed by atoms with Gasteiger partial charge < -0.3 is 5.32 Å². The van der Waals surface area contributed by atoms with E-state index in [0.29, 0.717) is 23.8 Å². The van der Waals surface area contributed by atoms with Gasteiger partial charge in [0, 0.05) is 50.4 Å². The average Bonchev–Trinajstić information content (AvgIpc) is 3.15. The van der Waals surface area contributed by atoms with Gasteiger partial charge in [-0.05, 0) is 24.6 Å². The van der Waals surface area contributed by atoms with Crippen LogP contribution in [0.5, 0.6) is 0 Å². The molecule has 7 nitrogen and oxygen atoms in total. The molecule has 0 unspecified atom stereocenters. The van der Waals surface area contributed by atoms with Crippen LogP contribution in [0.25, 0.3) is 4.96 Å². The van der Waals surface area contributed by atoms with Gasteiger partial charge in [-0.3, -0.25) is 23.8 Å². The lowest BCUT2D eigenvalue weighted by molar-refractivity contribution is -0.117. The highest BCUT2D eigenvalue weighted by Crippen LogP contribution is 2.22. The Hall–Kier alpha value is -2.26. The second kappa shape index (κ2) is 8.62. The second-order valence-corrected chi connectivity index (χ2v) is 8.51. The van der Waals surface area contributed by atoms with Crippen LogP contribution in [-0.2, 0) is 11.3 Å². The van der Waals surface area contributed by atoms with Crippen LogP contribution in [0.4, 0.5) is 5.69 Å². The summed E-state index contributed by atoms with van der Waals surface area (Å²) in [5, 5.41) is 5.30. The third-order valence-electron chi connectivity index (χ3n) is 4.97. The van der Waals surface area contributed by atoms with Crippen molar-refractivity contribution in [3.8, 4) is 0 Å². The fourth-order valence-electron chi connectivity index (χ4n) is 3.42. The van der Waals surface area contributed by atoms with E-state index in [0.717, 1.165) is 42.4 Å². The highest BCUT2D eigenvalue weighted by Gasteiger charge is 2.20. The van der Waals surface area contributed by atoms with Crippen LogP contribution in [0.2, 0.25) is 5.02 Å². The summed E-state index contributed by atoms with van der Waals surface area (Å²) in [6.07, 6.45) is 1.74. The molecule has 0 spiro atoms. The smallest absolute Gasteiger partial charge is 0.258 e. The summed E-state index contributed by atoms with van der Waals surface area (Å²) in [6, 6.07) is 7.19. The minimum Gasteiger partial charge on any atom is -0.324 e. The summed E-state index contributed by atoms with van der Waals surface area (Å²) in [5.41, 5.74) is 2.44. The largest absolute Gasteiger partial charge is 0.324 e. The molecule has 152 valence electrons. The molecule has 1 aliphatic rings. The maximum atomic E-state index is 12.4. The van der Waals surface area contributed by atoms with Crippen molar-refractivity contribution in [3.63, 3.8) is 0 Å². The number of halogens is 1. The van der Waals surface area contributed by atoms with Gasteiger partial charge in [-0.2, -0.15) is 0 Å². The fraction of sp³-hybridized carbons (Fsp3) is 0.350. The number of aryl methyl sites for hydroxylation is 1. The Bertz CT molecular complexity index is 1090. The Morgan fingerprint density at radius 1 is 1.21 bits per heavy atom. The summed E-state index contributed by atoms with van der Waals surface area (Å²) in [7, 11) is 0. The maximum absolute atomic E-state index is 12.4. The van der Waals surface area contributed by atoms with E-state index in [1.807, 2.05) is 30.5 Å². The molecule has 0 aliphatic carbocycles. The highest BCUT2D eigenvalue weighted by atomic mass is 35.5. The Morgan fingerprint density at radius 3 is 2.72 bits per heavy atom. The molecule has 0 bridgehead atoms. The van der Waals surface area contributed by atoms with E-state index >= 15 is 0 Å². The molecule has 1 amide bonds. The molecule has 1 N–H and O–H groups in total. The van der Waals surface area contributed by atoms with Gasteiger partial charge in [0.05, 0.1) is 22.9 Å². The molecule has 3 heterocycles. The van der Waals surface area contributed by atoms with Crippen molar-refractivity contribution in [3.05, 3.63) is 62.5 Å². The van der Waals surface area contributed by atoms with E-state index in [2.05, 4.69) is 20.1 Å². The van der Waals surface area contributed by atoms with Crippen molar-refractivity contribution in [2.24, 2.45) is 0 Å². The van der Waals surface area contributed by atoms with Crippen molar-refractivity contribution >= 4 is 39.5 Å². The number of aromatic nitrogens is 2. The fourth-order valence-corrected chi connectivity index (χ4v) is 4.44. The van der Waals surface area contributed by atoms with Crippen molar-refractivity contribution in [1.82, 2.24) is 19.2 Å². The molecule has 0 atom stereocenters. The minimum absolute atomic E-state index is 0.0451. The van der Waals surface area contributed by atoms with E-state index < -0.39 is 0 Å². The number of hydrogen-bond donors (Lipinski definition) is 1. The average molecular weight is 432 g/mol. The van der Waals surface area contributed by atoms with Crippen LogP contribution >= 0.6 is 22.9 Å². The zero-order valence-electron chi connectivity index (χ0n) is 16.1. The number of rotatable bonds is 5. The number of hydrogen-bond acceptors (Lipinski definition) is 6. The van der Waals surface area contributed by atoms with E-state index in [1.54, 1.807) is 16.7 Å². The Balaban J connectivity index is 1.28. The highest BCUT2D eigenvalue weighted by molar-refractivity contribution is 7.15. The van der Waals surface area contributed by atoms with Crippen molar-refractivity contribution < 1.29 is 4.79 Å². The zero-order chi connectivity index (χ0) is 20.4. The number of fused-ring (bicyclic) bond motifs is 1. The van der Waals surface area contributed by atoms with Gasteiger partial charge in [-0.15, -0.1) is 11.3 Å². The summed E-state index contributed by atoms with van der Waals surface area (Å²) in [4.78, 5) is 34.1. The summed E-state index contributed by atoms with van der Waals surface area (Å²) >= 11 is 7.65. The lowest BCUT2D eigenvalue weighted by Crippen LogP contribution is -2.48. The van der Waals surface area contributed by atoms with Crippen LogP contribution in [0.1, 0.15) is 11.3 Å². The Labute approximate surface area is 177 Å². The van der Waals surface area contributed by atoms with Crippen molar-refractivity contribution in [1.29, 1.82) is 0 Å². The molecular formula is C20H22ClN5O2S. The number of piperazine rings is 1. The topological polar surface area (TPSA) is 70.0 Å². The SMILES string of the molecule is Cc1ccc(NC(=O)CN2CCN(Cc3cc(=O)n4ccsc4n3)CC2)c(Cl)c1. The van der Waals surface area contributed by atoms with Gasteiger partial charge in [0.25, 0.3) is 5.56 Å². The summed E-state index contributed by atoms with van der Waals surface area (Å²) in [5.74, 6) is -0.0676. The number of nitrogens with zero attached hydrogens (tertiary/aromatic N) is 4. The van der Waals surface area contributed by atoms with Crippen LogP contribution in [0.3, 0.4) is 0 Å². The number of anilines is 1. The van der Waals surface area contributed by atoms with Crippen molar-refractivity contribution in [2.75, 3.05) is 38.0 Å². The van der Waals surface area contributed by atoms with Crippen LogP contribution in [-0.4, -0.2) is 57.8 Å². The first-order valence-corrected chi connectivity index (χ1v) is 10.7. The van der Waals surface area contributed by atoms with E-state index in [-0.39, 0.29) is 11.5 Å². The second-order valence-electron chi connectivity index (χ2n) is 7.23. The Morgan fingerprint density at radius 2 is 1.97 bits per heavy atom. The Kier molecular flexibility index (Phi) is 5.96. The molecule has 1 aliphatic heterocycles. The van der Waals surface area contributed by atoms with Gasteiger partial charge in [-0.25, -0.2) is 4.98 Å². The standard InChI is InChI=1S/C20H22ClN5O2S/c1-14-2-3-17(16(21)10-14)23-18(27)13-25-6-4-24(5-7-25)12-15-11-19(28)26-8-9-29-20(26)22-15/h2-3,8-11H,4-7,12-13H2,1H3,(H,23,27). The van der Waals surface area contributed by atoms with Gasteiger partial charge >= 0.3 is 0 Å². The number of carbonyl (C=O) groups excluding carboxylic acids is 1. The normalized spacial score (nSPS) is 15.7. The van der Waals surface area contributed by atoms with E-state index in [9.17, 15) is 9.59 Å². The number of carbonyl (C=O) groups is 1. The number of thiazole rings is 1. The molecule has 1 aromatic carbocycles. The first kappa shape index (κ1) is 20.0. The van der Waals surface area contributed by atoms with Crippen LogP contribution < -0.4 is 10.9 Å². The molecule has 4 rings (SSSR count). The van der Waals surface area contributed by atoms with Gasteiger partial charge in [0.1, 0.15) is 0 Å². The number of nitrogens with one attached hydrogen (secondary N) is 1. The molecule has 0 saturated carbocycles. The minimum atomic E-state index is -0.0676. The molecule has 29 heavy (non-hydrogen) atoms. The predicted octanol–water partition coefficient (Wildman–Crippen LogP) is 2.47. The molecule has 2 aromatic heterocycles. The molecule has 0 radical (unpaired) electrons. The van der Waals surface area contributed by atoms with Crippen LogP contribution in [0, 0.1) is 6.92 Å². The van der Waals surface area contributed by atoms with Gasteiger partial charge in [0.15, 0.2) is 4.96 Å². The molecule has 1 fully saturated rings. The molecule has 9 heteroatoms. The maximum Gasteiger partial charge on any atom is 0.258 e. The lowest BCUT2D eigenvalue weighted by atomic mass is 10.2. The van der Waals surface area contributed by atoms with Gasteiger partial charge in [-0.1, -0.05) is 17.7 Å². The molecule has 3 aromatic rings. The first-order chi connectivity index (χ1) is 14.0. The lowest BCUT2D eigenvalue weighted by Gasteiger charge is -2.34. The molecular weight excluding hydrogens is 410 g/mol. The van der Waals surface area contributed by atoms with Crippen LogP contribution in [0.15, 0.2) is 40.6 Å². The summed E-state index contributed by atoms with van der Waals surface area (Å²) < 4.78 is 1.56. The van der Waals surface area contributed by atoms with Crippen molar-refractivity contribution in [2.45, 2.75) is 13.5 Å². The number of amides is 1. The quantitative estimate of drug-likeness (QED) is 0.672. The molecule has 1 saturated heterocycles. The third-order valence-corrected chi connectivity index (χ3v) is 6.04. The van der Waals surface area contributed by atoms with Gasteiger partial charge in [0.2, 0.25) is 5.91 Å². The first-order valence-electron chi connectivity index (χ1n) is 9.44. The zero-order valence-corrected chi connectivity index (χ0v) is 17.7.